The normalized spacial score (nSPS) is 15.5. The molecule has 1 fully saturated rings. The first-order valence-electron chi connectivity index (χ1n) is 5.84. The predicted octanol–water partition coefficient (Wildman–Crippen LogP) is 3.00. The molecule has 4 heteroatoms. The second-order valence-corrected chi connectivity index (χ2v) is 5.36. The van der Waals surface area contributed by atoms with E-state index in [0.29, 0.717) is 12.0 Å². The van der Waals surface area contributed by atoms with E-state index in [1.165, 1.54) is 12.8 Å². The lowest BCUT2D eigenvalue weighted by molar-refractivity contribution is 0.597. The van der Waals surface area contributed by atoms with Gasteiger partial charge in [-0.3, -0.25) is 0 Å². The number of hydrogen-bond donors (Lipinski definition) is 0. The van der Waals surface area contributed by atoms with E-state index in [1.54, 1.807) is 0 Å². The van der Waals surface area contributed by atoms with Crippen LogP contribution in [0.15, 0.2) is 12.4 Å². The Kier molecular flexibility index (Phi) is 3.79. The summed E-state index contributed by atoms with van der Waals surface area (Å²) in [6.07, 6.45) is 6.39. The highest BCUT2D eigenvalue weighted by atomic mass is 79.9. The molecule has 1 aromatic heterocycles. The summed E-state index contributed by atoms with van der Waals surface area (Å²) in [5.74, 6) is 1.54. The summed E-state index contributed by atoms with van der Waals surface area (Å²) in [4.78, 5) is 11.2. The molecule has 1 aromatic rings. The van der Waals surface area contributed by atoms with E-state index in [0.717, 1.165) is 23.4 Å². The van der Waals surface area contributed by atoms with Crippen molar-refractivity contribution in [1.29, 1.82) is 0 Å². The zero-order valence-corrected chi connectivity index (χ0v) is 11.4. The summed E-state index contributed by atoms with van der Waals surface area (Å²) < 4.78 is 0. The third-order valence-electron chi connectivity index (χ3n) is 2.65. The van der Waals surface area contributed by atoms with Crippen LogP contribution in [0.1, 0.15) is 32.3 Å². The second-order valence-electron chi connectivity index (χ2n) is 4.80. The fraction of sp³-hybridized carbons (Fsp3) is 0.667. The van der Waals surface area contributed by atoms with E-state index in [9.17, 15) is 0 Å². The van der Waals surface area contributed by atoms with Gasteiger partial charge in [0.05, 0.1) is 0 Å². The molecule has 0 radical (unpaired) electrons. The third-order valence-corrected chi connectivity index (χ3v) is 3.30. The number of nitrogens with zero attached hydrogens (tertiary/aromatic N) is 3. The van der Waals surface area contributed by atoms with Gasteiger partial charge in [0.1, 0.15) is 0 Å². The molecule has 0 amide bonds. The average Bonchev–Trinajstić information content (AvgIpc) is 3.10. The maximum atomic E-state index is 4.45. The van der Waals surface area contributed by atoms with Gasteiger partial charge >= 0.3 is 0 Å². The van der Waals surface area contributed by atoms with Crippen LogP contribution in [0.5, 0.6) is 0 Å². The summed E-state index contributed by atoms with van der Waals surface area (Å²) in [6.45, 7) is 5.53. The molecule has 0 atom stereocenters. The molecule has 88 valence electrons. The molecular formula is C12H18BrN3. The molecule has 0 bridgehead atoms. The molecule has 0 saturated heterocycles. The number of anilines is 1. The predicted molar refractivity (Wildman–Crippen MR) is 69.9 cm³/mol. The first kappa shape index (κ1) is 11.8. The van der Waals surface area contributed by atoms with Crippen LogP contribution >= 0.6 is 15.9 Å². The van der Waals surface area contributed by atoms with Gasteiger partial charge in [0, 0.05) is 30.3 Å². The van der Waals surface area contributed by atoms with Gasteiger partial charge in [0.2, 0.25) is 5.95 Å². The largest absolute Gasteiger partial charge is 0.338 e. The van der Waals surface area contributed by atoms with Gasteiger partial charge in [-0.25, -0.2) is 9.97 Å². The van der Waals surface area contributed by atoms with Crippen molar-refractivity contribution in [3.8, 4) is 0 Å². The zero-order chi connectivity index (χ0) is 11.5. The smallest absolute Gasteiger partial charge is 0.225 e. The van der Waals surface area contributed by atoms with Gasteiger partial charge in [0.25, 0.3) is 0 Å². The maximum Gasteiger partial charge on any atom is 0.225 e. The number of hydrogen-bond acceptors (Lipinski definition) is 3. The van der Waals surface area contributed by atoms with Crippen LogP contribution in [-0.2, 0) is 5.33 Å². The van der Waals surface area contributed by atoms with Crippen LogP contribution in [0.2, 0.25) is 0 Å². The van der Waals surface area contributed by atoms with Gasteiger partial charge in [0.15, 0.2) is 0 Å². The minimum atomic E-state index is 0.653. The highest BCUT2D eigenvalue weighted by Crippen LogP contribution is 2.30. The minimum absolute atomic E-state index is 0.653. The Morgan fingerprint density at radius 1 is 1.38 bits per heavy atom. The Morgan fingerprint density at radius 3 is 2.44 bits per heavy atom. The molecule has 0 aromatic carbocycles. The summed E-state index contributed by atoms with van der Waals surface area (Å²) in [5.41, 5.74) is 1.13. The monoisotopic (exact) mass is 283 g/mol. The molecule has 16 heavy (non-hydrogen) atoms. The summed E-state index contributed by atoms with van der Waals surface area (Å²) >= 11 is 3.41. The van der Waals surface area contributed by atoms with Gasteiger partial charge in [-0.2, -0.15) is 0 Å². The third kappa shape index (κ3) is 2.94. The molecular weight excluding hydrogens is 266 g/mol. The number of alkyl halides is 1. The van der Waals surface area contributed by atoms with Crippen molar-refractivity contribution in [1.82, 2.24) is 9.97 Å². The summed E-state index contributed by atoms with van der Waals surface area (Å²) in [6, 6.07) is 0.678. The highest BCUT2D eigenvalue weighted by Gasteiger charge is 2.30. The molecule has 1 heterocycles. The SMILES string of the molecule is CC(C)CN(c1ncc(CBr)cn1)C1CC1. The average molecular weight is 284 g/mol. The molecule has 1 aliphatic carbocycles. The van der Waals surface area contributed by atoms with Crippen LogP contribution in [0, 0.1) is 5.92 Å². The lowest BCUT2D eigenvalue weighted by atomic mass is 10.2. The van der Waals surface area contributed by atoms with E-state index < -0.39 is 0 Å². The van der Waals surface area contributed by atoms with Crippen molar-refractivity contribution >= 4 is 21.9 Å². The van der Waals surface area contributed by atoms with Crippen LogP contribution < -0.4 is 4.90 Å². The van der Waals surface area contributed by atoms with E-state index >= 15 is 0 Å². The number of aromatic nitrogens is 2. The fourth-order valence-corrected chi connectivity index (χ4v) is 2.03. The molecule has 0 N–H and O–H groups in total. The summed E-state index contributed by atoms with van der Waals surface area (Å²) in [5, 5.41) is 0.820. The maximum absolute atomic E-state index is 4.45. The molecule has 0 aliphatic heterocycles. The van der Waals surface area contributed by atoms with Crippen molar-refractivity contribution < 1.29 is 0 Å². The lowest BCUT2D eigenvalue weighted by Crippen LogP contribution is -2.31. The van der Waals surface area contributed by atoms with Crippen molar-refractivity contribution in [3.63, 3.8) is 0 Å². The van der Waals surface area contributed by atoms with Crippen molar-refractivity contribution in [2.24, 2.45) is 5.92 Å². The quantitative estimate of drug-likeness (QED) is 0.778. The second kappa shape index (κ2) is 5.13. The van der Waals surface area contributed by atoms with Gasteiger partial charge in [-0.15, -0.1) is 0 Å². The number of halogens is 1. The Bertz CT molecular complexity index is 333. The van der Waals surface area contributed by atoms with Gasteiger partial charge in [-0.1, -0.05) is 29.8 Å². The molecule has 1 saturated carbocycles. The van der Waals surface area contributed by atoms with E-state index in [2.05, 4.69) is 44.6 Å². The Hall–Kier alpha value is -0.640. The minimum Gasteiger partial charge on any atom is -0.338 e. The standard InChI is InChI=1S/C12H18BrN3/c1-9(2)8-16(11-3-4-11)12-14-6-10(5-13)7-15-12/h6-7,9,11H,3-5,8H2,1-2H3. The molecule has 2 rings (SSSR count). The Balaban J connectivity index is 2.11. The lowest BCUT2D eigenvalue weighted by Gasteiger charge is -2.24. The molecule has 0 unspecified atom stereocenters. The van der Waals surface area contributed by atoms with Crippen molar-refractivity contribution in [2.75, 3.05) is 11.4 Å². The van der Waals surface area contributed by atoms with Gasteiger partial charge in [-0.05, 0) is 24.3 Å². The fourth-order valence-electron chi connectivity index (χ4n) is 1.74. The Morgan fingerprint density at radius 2 is 2.00 bits per heavy atom. The Labute approximate surface area is 105 Å². The van der Waals surface area contributed by atoms with Crippen LogP contribution in [0.25, 0.3) is 0 Å². The summed E-state index contributed by atoms with van der Waals surface area (Å²) in [7, 11) is 0. The van der Waals surface area contributed by atoms with Crippen LogP contribution in [-0.4, -0.2) is 22.6 Å². The van der Waals surface area contributed by atoms with Crippen molar-refractivity contribution in [3.05, 3.63) is 18.0 Å². The highest BCUT2D eigenvalue weighted by molar-refractivity contribution is 9.08. The van der Waals surface area contributed by atoms with Crippen LogP contribution in [0.3, 0.4) is 0 Å². The van der Waals surface area contributed by atoms with E-state index in [4.69, 9.17) is 0 Å². The van der Waals surface area contributed by atoms with Gasteiger partial charge < -0.3 is 4.90 Å². The van der Waals surface area contributed by atoms with E-state index in [1.807, 2.05) is 12.4 Å². The molecule has 3 nitrogen and oxygen atoms in total. The van der Waals surface area contributed by atoms with E-state index in [-0.39, 0.29) is 0 Å². The van der Waals surface area contributed by atoms with Crippen LogP contribution in [0.4, 0.5) is 5.95 Å². The molecule has 0 spiro atoms. The zero-order valence-electron chi connectivity index (χ0n) is 9.86. The van der Waals surface area contributed by atoms with Crippen molar-refractivity contribution in [2.45, 2.75) is 38.1 Å². The first-order valence-corrected chi connectivity index (χ1v) is 6.96. The molecule has 1 aliphatic rings. The topological polar surface area (TPSA) is 29.0 Å². The number of rotatable bonds is 5. The first-order chi connectivity index (χ1) is 7.70.